The second-order valence-electron chi connectivity index (χ2n) is 4.04. The first-order valence-corrected chi connectivity index (χ1v) is 4.77. The SMILES string of the molecule is CNC1CCC2(CCCN2)C1. The van der Waals surface area contributed by atoms with Gasteiger partial charge in [-0.3, -0.25) is 0 Å². The number of nitrogens with one attached hydrogen (secondary N) is 2. The van der Waals surface area contributed by atoms with Gasteiger partial charge in [0.25, 0.3) is 0 Å². The van der Waals surface area contributed by atoms with Crippen molar-refractivity contribution in [1.82, 2.24) is 10.6 Å². The molecule has 64 valence electrons. The molecule has 2 atom stereocenters. The van der Waals surface area contributed by atoms with Crippen LogP contribution in [-0.4, -0.2) is 25.2 Å². The van der Waals surface area contributed by atoms with Gasteiger partial charge in [0.2, 0.25) is 0 Å². The summed E-state index contributed by atoms with van der Waals surface area (Å²) in [5.74, 6) is 0. The average molecular weight is 154 g/mol. The number of hydrogen-bond donors (Lipinski definition) is 2. The van der Waals surface area contributed by atoms with E-state index in [-0.39, 0.29) is 0 Å². The molecule has 2 unspecified atom stereocenters. The van der Waals surface area contributed by atoms with E-state index in [2.05, 4.69) is 17.7 Å². The summed E-state index contributed by atoms with van der Waals surface area (Å²) in [6.07, 6.45) is 6.90. The second kappa shape index (κ2) is 2.76. The number of hydrogen-bond acceptors (Lipinski definition) is 2. The molecular formula is C9H18N2. The van der Waals surface area contributed by atoms with Crippen LogP contribution >= 0.6 is 0 Å². The Bertz CT molecular complexity index is 138. The molecule has 1 saturated heterocycles. The van der Waals surface area contributed by atoms with Gasteiger partial charge >= 0.3 is 0 Å². The van der Waals surface area contributed by atoms with Gasteiger partial charge in [-0.15, -0.1) is 0 Å². The zero-order valence-electron chi connectivity index (χ0n) is 7.32. The molecule has 2 aliphatic rings. The maximum absolute atomic E-state index is 3.66. The first-order valence-electron chi connectivity index (χ1n) is 4.77. The van der Waals surface area contributed by atoms with E-state index in [1.165, 1.54) is 38.6 Å². The molecule has 0 radical (unpaired) electrons. The summed E-state index contributed by atoms with van der Waals surface area (Å²) in [6.45, 7) is 1.25. The van der Waals surface area contributed by atoms with Crippen LogP contribution in [0.2, 0.25) is 0 Å². The van der Waals surface area contributed by atoms with E-state index in [4.69, 9.17) is 0 Å². The average Bonchev–Trinajstić information content (AvgIpc) is 2.62. The van der Waals surface area contributed by atoms with E-state index in [1.807, 2.05) is 0 Å². The van der Waals surface area contributed by atoms with Crippen molar-refractivity contribution in [1.29, 1.82) is 0 Å². The van der Waals surface area contributed by atoms with Gasteiger partial charge in [-0.25, -0.2) is 0 Å². The van der Waals surface area contributed by atoms with Crippen LogP contribution in [-0.2, 0) is 0 Å². The highest BCUT2D eigenvalue weighted by atomic mass is 15.0. The highest BCUT2D eigenvalue weighted by Gasteiger charge is 2.40. The Morgan fingerprint density at radius 2 is 2.36 bits per heavy atom. The van der Waals surface area contributed by atoms with E-state index in [0.29, 0.717) is 5.54 Å². The lowest BCUT2D eigenvalue weighted by Crippen LogP contribution is -2.38. The van der Waals surface area contributed by atoms with Gasteiger partial charge in [0.05, 0.1) is 0 Å². The van der Waals surface area contributed by atoms with Crippen LogP contribution in [0.3, 0.4) is 0 Å². The summed E-state index contributed by atoms with van der Waals surface area (Å²) in [4.78, 5) is 0. The van der Waals surface area contributed by atoms with E-state index in [0.717, 1.165) is 6.04 Å². The van der Waals surface area contributed by atoms with Crippen molar-refractivity contribution >= 4 is 0 Å². The minimum Gasteiger partial charge on any atom is -0.317 e. The molecule has 0 aromatic heterocycles. The molecule has 11 heavy (non-hydrogen) atoms. The lowest BCUT2D eigenvalue weighted by Gasteiger charge is -2.23. The van der Waals surface area contributed by atoms with Gasteiger partial charge in [-0.1, -0.05) is 0 Å². The molecule has 2 N–H and O–H groups in total. The van der Waals surface area contributed by atoms with E-state index >= 15 is 0 Å². The fourth-order valence-electron chi connectivity index (χ4n) is 2.63. The van der Waals surface area contributed by atoms with Crippen molar-refractivity contribution in [2.24, 2.45) is 0 Å². The molecule has 0 aromatic rings. The van der Waals surface area contributed by atoms with Gasteiger partial charge in [0, 0.05) is 11.6 Å². The molecule has 1 aliphatic carbocycles. The zero-order valence-corrected chi connectivity index (χ0v) is 7.32. The molecule has 2 fully saturated rings. The maximum Gasteiger partial charge on any atom is 0.0197 e. The summed E-state index contributed by atoms with van der Waals surface area (Å²) in [7, 11) is 2.08. The predicted molar refractivity (Wildman–Crippen MR) is 46.7 cm³/mol. The largest absolute Gasteiger partial charge is 0.317 e. The molecule has 0 aromatic carbocycles. The standard InChI is InChI=1S/C9H18N2/c1-10-8-3-5-9(7-8)4-2-6-11-9/h8,10-11H,2-7H2,1H3. The van der Waals surface area contributed by atoms with Crippen molar-refractivity contribution in [3.8, 4) is 0 Å². The molecule has 1 saturated carbocycles. The Morgan fingerprint density at radius 3 is 2.91 bits per heavy atom. The quantitative estimate of drug-likeness (QED) is 0.586. The van der Waals surface area contributed by atoms with Crippen LogP contribution < -0.4 is 10.6 Å². The molecule has 2 rings (SSSR count). The molecular weight excluding hydrogens is 136 g/mol. The summed E-state index contributed by atoms with van der Waals surface area (Å²) >= 11 is 0. The Kier molecular flexibility index (Phi) is 1.90. The molecule has 0 bridgehead atoms. The highest BCUT2D eigenvalue weighted by molar-refractivity contribution is 5.01. The topological polar surface area (TPSA) is 24.1 Å². The Balaban J connectivity index is 1.96. The molecule has 1 heterocycles. The van der Waals surface area contributed by atoms with Crippen molar-refractivity contribution in [3.63, 3.8) is 0 Å². The second-order valence-corrected chi connectivity index (χ2v) is 4.04. The van der Waals surface area contributed by atoms with E-state index in [1.54, 1.807) is 0 Å². The van der Waals surface area contributed by atoms with Crippen LogP contribution in [0.1, 0.15) is 32.1 Å². The van der Waals surface area contributed by atoms with Crippen molar-refractivity contribution in [2.45, 2.75) is 43.7 Å². The molecule has 2 heteroatoms. The fraction of sp³-hybridized carbons (Fsp3) is 1.00. The normalized spacial score (nSPS) is 43.9. The smallest absolute Gasteiger partial charge is 0.0197 e. The minimum absolute atomic E-state index is 0.549. The summed E-state index contributed by atoms with van der Waals surface area (Å²) in [5.41, 5.74) is 0.549. The van der Waals surface area contributed by atoms with Gasteiger partial charge in [-0.05, 0) is 45.7 Å². The van der Waals surface area contributed by atoms with E-state index in [9.17, 15) is 0 Å². The lowest BCUT2D eigenvalue weighted by molar-refractivity contribution is 0.376. The molecule has 1 spiro atoms. The molecule has 2 nitrogen and oxygen atoms in total. The van der Waals surface area contributed by atoms with Gasteiger partial charge in [0.1, 0.15) is 0 Å². The van der Waals surface area contributed by atoms with Crippen LogP contribution in [0.5, 0.6) is 0 Å². The lowest BCUT2D eigenvalue weighted by atomic mass is 9.96. The monoisotopic (exact) mass is 154 g/mol. The van der Waals surface area contributed by atoms with Crippen molar-refractivity contribution in [3.05, 3.63) is 0 Å². The first-order chi connectivity index (χ1) is 5.35. The number of rotatable bonds is 1. The summed E-state index contributed by atoms with van der Waals surface area (Å²) < 4.78 is 0. The third-order valence-electron chi connectivity index (χ3n) is 3.35. The van der Waals surface area contributed by atoms with Crippen molar-refractivity contribution < 1.29 is 0 Å². The van der Waals surface area contributed by atoms with Crippen LogP contribution in [0, 0.1) is 0 Å². The zero-order chi connectivity index (χ0) is 7.73. The third kappa shape index (κ3) is 1.30. The van der Waals surface area contributed by atoms with E-state index < -0.39 is 0 Å². The molecule has 1 aliphatic heterocycles. The van der Waals surface area contributed by atoms with Gasteiger partial charge < -0.3 is 10.6 Å². The van der Waals surface area contributed by atoms with Crippen molar-refractivity contribution in [2.75, 3.05) is 13.6 Å². The predicted octanol–water partition coefficient (Wildman–Crippen LogP) is 0.880. The maximum atomic E-state index is 3.66. The first kappa shape index (κ1) is 7.56. The van der Waals surface area contributed by atoms with Gasteiger partial charge in [0.15, 0.2) is 0 Å². The summed E-state index contributed by atoms with van der Waals surface area (Å²) in [6, 6.07) is 0.778. The fourth-order valence-corrected chi connectivity index (χ4v) is 2.63. The summed E-state index contributed by atoms with van der Waals surface area (Å²) in [5, 5.41) is 7.03. The van der Waals surface area contributed by atoms with Crippen LogP contribution in [0.25, 0.3) is 0 Å². The van der Waals surface area contributed by atoms with Gasteiger partial charge in [-0.2, -0.15) is 0 Å². The Labute approximate surface area is 68.7 Å². The Hall–Kier alpha value is -0.0800. The molecule has 0 amide bonds. The van der Waals surface area contributed by atoms with Crippen LogP contribution in [0.15, 0.2) is 0 Å². The third-order valence-corrected chi connectivity index (χ3v) is 3.35. The highest BCUT2D eigenvalue weighted by Crippen LogP contribution is 2.36. The van der Waals surface area contributed by atoms with Crippen LogP contribution in [0.4, 0.5) is 0 Å². The minimum atomic E-state index is 0.549. The Morgan fingerprint density at radius 1 is 1.45 bits per heavy atom.